The van der Waals surface area contributed by atoms with E-state index < -0.39 is 6.36 Å². The summed E-state index contributed by atoms with van der Waals surface area (Å²) in [6.45, 7) is 1.56. The maximum atomic E-state index is 12.2. The average Bonchev–Trinajstić information content (AvgIpc) is 2.87. The van der Waals surface area contributed by atoms with E-state index in [1.165, 1.54) is 6.07 Å². The second kappa shape index (κ2) is 4.76. The molecule has 0 amide bonds. The highest BCUT2D eigenvalue weighted by atomic mass is 19.4. The lowest BCUT2D eigenvalue weighted by Crippen LogP contribution is -2.17. The molecule has 0 N–H and O–H groups in total. The number of benzene rings is 1. The molecule has 3 aromatic rings. The maximum Gasteiger partial charge on any atom is 0.573 e. The fourth-order valence-electron chi connectivity index (χ4n) is 2.02. The quantitative estimate of drug-likeness (QED) is 0.724. The highest BCUT2D eigenvalue weighted by Crippen LogP contribution is 2.29. The van der Waals surface area contributed by atoms with Gasteiger partial charge in [0.25, 0.3) is 0 Å². The largest absolute Gasteiger partial charge is 0.573 e. The SMILES string of the molecule is Cc1cc(-c2ccn3nccc3n2)ccc1OC(F)(F)F. The van der Waals surface area contributed by atoms with Crippen molar-refractivity contribution in [1.29, 1.82) is 0 Å². The number of halogens is 3. The summed E-state index contributed by atoms with van der Waals surface area (Å²) >= 11 is 0. The predicted molar refractivity (Wildman–Crippen MR) is 69.8 cm³/mol. The van der Waals surface area contributed by atoms with E-state index in [9.17, 15) is 13.2 Å². The van der Waals surface area contributed by atoms with Gasteiger partial charge in [-0.15, -0.1) is 13.2 Å². The Balaban J connectivity index is 1.97. The minimum absolute atomic E-state index is 0.211. The molecule has 0 saturated carbocycles. The third-order valence-corrected chi connectivity index (χ3v) is 2.95. The molecule has 7 heteroatoms. The number of hydrogen-bond donors (Lipinski definition) is 0. The zero-order valence-electron chi connectivity index (χ0n) is 10.9. The van der Waals surface area contributed by atoms with Gasteiger partial charge in [0.1, 0.15) is 5.75 Å². The molecule has 3 rings (SSSR count). The van der Waals surface area contributed by atoms with Crippen LogP contribution in [0.5, 0.6) is 5.75 Å². The number of ether oxygens (including phenoxy) is 1. The van der Waals surface area contributed by atoms with Crippen molar-refractivity contribution in [3.8, 4) is 17.0 Å². The van der Waals surface area contributed by atoms with Crippen LogP contribution in [0.4, 0.5) is 13.2 Å². The first-order valence-electron chi connectivity index (χ1n) is 6.09. The molecule has 2 heterocycles. The van der Waals surface area contributed by atoms with Gasteiger partial charge in [-0.25, -0.2) is 9.50 Å². The maximum absolute atomic E-state index is 12.2. The van der Waals surface area contributed by atoms with Crippen molar-refractivity contribution < 1.29 is 17.9 Å². The Hall–Kier alpha value is -2.57. The monoisotopic (exact) mass is 293 g/mol. The number of nitrogens with zero attached hydrogens (tertiary/aromatic N) is 3. The minimum atomic E-state index is -4.69. The summed E-state index contributed by atoms with van der Waals surface area (Å²) in [6.07, 6.45) is -1.33. The van der Waals surface area contributed by atoms with Gasteiger partial charge in [-0.05, 0) is 36.8 Å². The Bertz CT molecular complexity index is 796. The topological polar surface area (TPSA) is 39.4 Å². The summed E-state index contributed by atoms with van der Waals surface area (Å²) in [6, 6.07) is 7.94. The van der Waals surface area contributed by atoms with E-state index in [-0.39, 0.29) is 5.75 Å². The zero-order chi connectivity index (χ0) is 15.0. The smallest absolute Gasteiger partial charge is 0.406 e. The van der Waals surface area contributed by atoms with Gasteiger partial charge >= 0.3 is 6.36 Å². The Kier molecular flexibility index (Phi) is 3.04. The zero-order valence-corrected chi connectivity index (χ0v) is 10.9. The molecule has 0 atom stereocenters. The van der Waals surface area contributed by atoms with Crippen LogP contribution in [0.25, 0.3) is 16.9 Å². The Labute approximate surface area is 117 Å². The van der Waals surface area contributed by atoms with Gasteiger partial charge in [0.2, 0.25) is 0 Å². The highest BCUT2D eigenvalue weighted by molar-refractivity contribution is 5.63. The predicted octanol–water partition coefficient (Wildman–Crippen LogP) is 3.60. The summed E-state index contributed by atoms with van der Waals surface area (Å²) in [5.41, 5.74) is 2.43. The Morgan fingerprint density at radius 1 is 1.14 bits per heavy atom. The van der Waals surface area contributed by atoms with Crippen LogP contribution in [0.3, 0.4) is 0 Å². The lowest BCUT2D eigenvalue weighted by atomic mass is 10.1. The Morgan fingerprint density at radius 3 is 2.67 bits per heavy atom. The van der Waals surface area contributed by atoms with Crippen molar-refractivity contribution in [2.75, 3.05) is 0 Å². The van der Waals surface area contributed by atoms with Crippen LogP contribution < -0.4 is 4.74 Å². The van der Waals surface area contributed by atoms with Crippen LogP contribution >= 0.6 is 0 Å². The average molecular weight is 293 g/mol. The molecule has 0 bridgehead atoms. The van der Waals surface area contributed by atoms with Crippen molar-refractivity contribution in [2.24, 2.45) is 0 Å². The fourth-order valence-corrected chi connectivity index (χ4v) is 2.02. The van der Waals surface area contributed by atoms with Gasteiger partial charge in [-0.3, -0.25) is 0 Å². The van der Waals surface area contributed by atoms with Crippen LogP contribution in [-0.2, 0) is 0 Å². The number of hydrogen-bond acceptors (Lipinski definition) is 3. The van der Waals surface area contributed by atoms with Crippen molar-refractivity contribution in [3.63, 3.8) is 0 Å². The first-order valence-corrected chi connectivity index (χ1v) is 6.09. The van der Waals surface area contributed by atoms with Crippen molar-refractivity contribution in [1.82, 2.24) is 14.6 Å². The lowest BCUT2D eigenvalue weighted by molar-refractivity contribution is -0.274. The molecule has 4 nitrogen and oxygen atoms in total. The third-order valence-electron chi connectivity index (χ3n) is 2.95. The van der Waals surface area contributed by atoms with E-state index in [1.807, 2.05) is 0 Å². The van der Waals surface area contributed by atoms with Gasteiger partial charge in [-0.1, -0.05) is 0 Å². The van der Waals surface area contributed by atoms with Gasteiger partial charge in [-0.2, -0.15) is 5.10 Å². The number of aryl methyl sites for hydroxylation is 1. The number of alkyl halides is 3. The molecular formula is C14H10F3N3O. The van der Waals surface area contributed by atoms with E-state index in [2.05, 4.69) is 14.8 Å². The summed E-state index contributed by atoms with van der Waals surface area (Å²) in [4.78, 5) is 4.39. The highest BCUT2D eigenvalue weighted by Gasteiger charge is 2.31. The van der Waals surface area contributed by atoms with E-state index >= 15 is 0 Å². The standard InChI is InChI=1S/C14H10F3N3O/c1-9-8-10(2-3-12(9)21-14(15,16)17)11-5-7-20-13(19-11)4-6-18-20/h2-8H,1H3. The molecular weight excluding hydrogens is 283 g/mol. The second-order valence-electron chi connectivity index (χ2n) is 4.47. The van der Waals surface area contributed by atoms with Gasteiger partial charge in [0, 0.05) is 17.8 Å². The first kappa shape index (κ1) is 13.4. The molecule has 0 spiro atoms. The molecule has 0 aliphatic rings. The minimum Gasteiger partial charge on any atom is -0.406 e. The van der Waals surface area contributed by atoms with Crippen LogP contribution in [0.2, 0.25) is 0 Å². The first-order chi connectivity index (χ1) is 9.92. The van der Waals surface area contributed by atoms with Crippen LogP contribution in [0.15, 0.2) is 42.7 Å². The number of rotatable bonds is 2. The molecule has 0 saturated heterocycles. The summed E-state index contributed by atoms with van der Waals surface area (Å²) in [7, 11) is 0. The molecule has 0 fully saturated rings. The van der Waals surface area contributed by atoms with E-state index in [4.69, 9.17) is 0 Å². The third kappa shape index (κ3) is 2.81. The molecule has 0 radical (unpaired) electrons. The molecule has 0 unspecified atom stereocenters. The lowest BCUT2D eigenvalue weighted by Gasteiger charge is -2.12. The van der Waals surface area contributed by atoms with Crippen LogP contribution in [-0.4, -0.2) is 21.0 Å². The van der Waals surface area contributed by atoms with Crippen molar-refractivity contribution >= 4 is 5.65 Å². The van der Waals surface area contributed by atoms with Crippen molar-refractivity contribution in [2.45, 2.75) is 13.3 Å². The normalized spacial score (nSPS) is 11.8. The molecule has 0 aliphatic carbocycles. The molecule has 1 aromatic carbocycles. The number of fused-ring (bicyclic) bond motifs is 1. The molecule has 21 heavy (non-hydrogen) atoms. The van der Waals surface area contributed by atoms with Crippen LogP contribution in [0, 0.1) is 6.92 Å². The van der Waals surface area contributed by atoms with Gasteiger partial charge in [0.05, 0.1) is 11.9 Å². The van der Waals surface area contributed by atoms with E-state index in [0.29, 0.717) is 22.5 Å². The fraction of sp³-hybridized carbons (Fsp3) is 0.143. The molecule has 108 valence electrons. The summed E-state index contributed by atoms with van der Waals surface area (Å²) < 4.78 is 42.3. The van der Waals surface area contributed by atoms with Gasteiger partial charge < -0.3 is 4.74 Å². The van der Waals surface area contributed by atoms with Crippen molar-refractivity contribution in [3.05, 3.63) is 48.3 Å². The Morgan fingerprint density at radius 2 is 1.95 bits per heavy atom. The van der Waals surface area contributed by atoms with Crippen LogP contribution in [0.1, 0.15) is 5.56 Å². The molecule has 2 aromatic heterocycles. The number of aromatic nitrogens is 3. The van der Waals surface area contributed by atoms with E-state index in [0.717, 1.165) is 0 Å². The second-order valence-corrected chi connectivity index (χ2v) is 4.47. The van der Waals surface area contributed by atoms with Gasteiger partial charge in [0.15, 0.2) is 5.65 Å². The van der Waals surface area contributed by atoms with E-state index in [1.54, 1.807) is 48.1 Å². The summed E-state index contributed by atoms with van der Waals surface area (Å²) in [5.74, 6) is -0.211. The molecule has 0 aliphatic heterocycles. The summed E-state index contributed by atoms with van der Waals surface area (Å²) in [5, 5.41) is 4.03.